The van der Waals surface area contributed by atoms with Crippen molar-refractivity contribution in [3.05, 3.63) is 29.6 Å². The molecule has 1 saturated heterocycles. The van der Waals surface area contributed by atoms with Crippen LogP contribution in [-0.2, 0) is 10.9 Å². The van der Waals surface area contributed by atoms with Crippen LogP contribution in [0.1, 0.15) is 31.1 Å². The van der Waals surface area contributed by atoms with E-state index in [1.165, 1.54) is 0 Å². The summed E-state index contributed by atoms with van der Waals surface area (Å²) < 4.78 is 103. The second-order valence-corrected chi connectivity index (χ2v) is 8.30. The van der Waals surface area contributed by atoms with Crippen LogP contribution in [0.3, 0.4) is 0 Å². The van der Waals surface area contributed by atoms with E-state index in [-0.39, 0.29) is 18.8 Å². The highest BCUT2D eigenvalue weighted by molar-refractivity contribution is 5.89. The molecule has 0 spiro atoms. The largest absolute Gasteiger partial charge is 0.434 e. The zero-order valence-corrected chi connectivity index (χ0v) is 18.3. The van der Waals surface area contributed by atoms with E-state index >= 15 is 0 Å². The molecule has 1 amide bonds. The van der Waals surface area contributed by atoms with Gasteiger partial charge in [-0.1, -0.05) is 0 Å². The lowest BCUT2D eigenvalue weighted by Gasteiger charge is -2.35. The number of nitrogens with zero attached hydrogens (tertiary/aromatic N) is 4. The quantitative estimate of drug-likeness (QED) is 0.597. The average Bonchev–Trinajstić information content (AvgIpc) is 2.76. The van der Waals surface area contributed by atoms with E-state index in [2.05, 4.69) is 25.0 Å². The number of hydrogen-bond donors (Lipinski definition) is 2. The molecule has 4 heterocycles. The zero-order valence-electron chi connectivity index (χ0n) is 18.3. The molecule has 0 saturated carbocycles. The lowest BCUT2D eigenvalue weighted by molar-refractivity contribution is -0.245. The van der Waals surface area contributed by atoms with Crippen LogP contribution in [0.5, 0.6) is 0 Å². The molecule has 0 aliphatic carbocycles. The van der Waals surface area contributed by atoms with Gasteiger partial charge < -0.3 is 15.0 Å². The molecule has 15 heteroatoms. The maximum atomic E-state index is 14.7. The van der Waals surface area contributed by atoms with Gasteiger partial charge in [-0.15, -0.1) is 0 Å². The van der Waals surface area contributed by atoms with Crippen molar-refractivity contribution in [1.29, 1.82) is 0 Å². The van der Waals surface area contributed by atoms with Crippen molar-refractivity contribution in [3.63, 3.8) is 0 Å². The molecule has 2 aliphatic rings. The molecule has 0 bridgehead atoms. The molecule has 2 N–H and O–H groups in total. The number of carbonyl (C=O) groups excluding carboxylic acids is 1. The van der Waals surface area contributed by atoms with Gasteiger partial charge in [0.15, 0.2) is 0 Å². The van der Waals surface area contributed by atoms with Crippen LogP contribution < -0.4 is 15.5 Å². The fourth-order valence-electron chi connectivity index (χ4n) is 3.83. The van der Waals surface area contributed by atoms with E-state index in [0.717, 1.165) is 12.4 Å². The number of alkyl halides is 7. The van der Waals surface area contributed by atoms with Crippen LogP contribution in [-0.4, -0.2) is 58.6 Å². The molecule has 2 atom stereocenters. The Hall–Kier alpha value is -3.23. The minimum atomic E-state index is -4.95. The summed E-state index contributed by atoms with van der Waals surface area (Å²) in [6, 6.07) is 1.29. The number of halogens is 7. The number of amides is 1. The SMILES string of the molecule is C[C@H]1CN(c2cc(C(F)(F)F)cc(-c3ncnc4c3[C@@H](C(F)(F)C(C)(F)F)OC(=O)N4)n2)CCN1. The molecule has 2 aromatic rings. The molecule has 0 unspecified atom stereocenters. The number of cyclic esters (lactones) is 1. The van der Waals surface area contributed by atoms with Crippen LogP contribution in [0, 0.1) is 0 Å². The normalized spacial score (nSPS) is 21.3. The van der Waals surface area contributed by atoms with Crippen molar-refractivity contribution >= 4 is 17.7 Å². The lowest BCUT2D eigenvalue weighted by Crippen LogP contribution is -2.49. The molecule has 4 rings (SSSR count). The van der Waals surface area contributed by atoms with Gasteiger partial charge in [0.2, 0.25) is 6.10 Å². The third-order valence-electron chi connectivity index (χ3n) is 5.58. The summed E-state index contributed by atoms with van der Waals surface area (Å²) in [7, 11) is 0. The van der Waals surface area contributed by atoms with Gasteiger partial charge >= 0.3 is 24.1 Å². The van der Waals surface area contributed by atoms with E-state index in [1.807, 2.05) is 12.2 Å². The highest BCUT2D eigenvalue weighted by Gasteiger charge is 2.62. The Morgan fingerprint density at radius 2 is 1.83 bits per heavy atom. The summed E-state index contributed by atoms with van der Waals surface area (Å²) >= 11 is 0. The van der Waals surface area contributed by atoms with Gasteiger partial charge in [0.1, 0.15) is 23.7 Å². The summed E-state index contributed by atoms with van der Waals surface area (Å²) in [5.41, 5.74) is -3.11. The molecule has 2 aliphatic heterocycles. The minimum Gasteiger partial charge on any atom is -0.434 e. The Morgan fingerprint density at radius 1 is 1.11 bits per heavy atom. The molecular weight excluding hydrogens is 489 g/mol. The van der Waals surface area contributed by atoms with Gasteiger partial charge in [0.05, 0.1) is 16.8 Å². The number of nitrogens with one attached hydrogen (secondary N) is 2. The fourth-order valence-corrected chi connectivity index (χ4v) is 3.83. The molecule has 0 radical (unpaired) electrons. The van der Waals surface area contributed by atoms with E-state index in [9.17, 15) is 35.5 Å². The number of hydrogen-bond acceptors (Lipinski definition) is 7. The number of piperazine rings is 1. The van der Waals surface area contributed by atoms with Crippen molar-refractivity contribution in [2.45, 2.75) is 44.0 Å². The zero-order chi connectivity index (χ0) is 25.8. The summed E-state index contributed by atoms with van der Waals surface area (Å²) in [4.78, 5) is 24.9. The number of anilines is 2. The lowest BCUT2D eigenvalue weighted by atomic mass is 9.95. The van der Waals surface area contributed by atoms with Crippen LogP contribution in [0.25, 0.3) is 11.4 Å². The van der Waals surface area contributed by atoms with E-state index in [4.69, 9.17) is 0 Å². The maximum absolute atomic E-state index is 14.7. The number of ether oxygens (including phenoxy) is 1. The van der Waals surface area contributed by atoms with Crippen molar-refractivity contribution in [1.82, 2.24) is 20.3 Å². The van der Waals surface area contributed by atoms with Gasteiger partial charge in [-0.2, -0.15) is 22.0 Å². The Morgan fingerprint density at radius 3 is 2.46 bits per heavy atom. The number of aromatic nitrogens is 3. The Bertz CT molecular complexity index is 1140. The van der Waals surface area contributed by atoms with Crippen molar-refractivity contribution in [2.75, 3.05) is 29.9 Å². The average molecular weight is 508 g/mol. The smallest absolute Gasteiger partial charge is 0.416 e. The van der Waals surface area contributed by atoms with Gasteiger partial charge in [0.25, 0.3) is 0 Å². The standard InChI is InChI=1S/C20H19F7N6O2/c1-9-7-33(4-3-28-9)12-6-10(20(25,26)27)5-11(31-12)14-13-15(19(23,24)18(2,21)22)35-17(34)32-16(13)30-8-29-14/h5-6,8-9,15,28H,3-4,7H2,1-2H3,(H,29,30,32,34)/t9-,15-/m0/s1. The van der Waals surface area contributed by atoms with Gasteiger partial charge in [-0.3, -0.25) is 5.32 Å². The molecule has 35 heavy (non-hydrogen) atoms. The first-order valence-corrected chi connectivity index (χ1v) is 10.3. The second-order valence-electron chi connectivity index (χ2n) is 8.30. The predicted molar refractivity (Wildman–Crippen MR) is 108 cm³/mol. The Labute approximate surface area is 193 Å². The molecular formula is C20H19F7N6O2. The first-order chi connectivity index (χ1) is 16.2. The first-order valence-electron chi connectivity index (χ1n) is 10.3. The molecule has 8 nitrogen and oxygen atoms in total. The summed E-state index contributed by atoms with van der Waals surface area (Å²) in [6.07, 6.45) is -8.43. The van der Waals surface area contributed by atoms with Crippen LogP contribution in [0.15, 0.2) is 18.5 Å². The van der Waals surface area contributed by atoms with Gasteiger partial charge in [0, 0.05) is 32.6 Å². The molecule has 190 valence electrons. The van der Waals surface area contributed by atoms with Crippen LogP contribution in [0.4, 0.5) is 47.2 Å². The van der Waals surface area contributed by atoms with Crippen molar-refractivity contribution in [2.24, 2.45) is 0 Å². The monoisotopic (exact) mass is 508 g/mol. The summed E-state index contributed by atoms with van der Waals surface area (Å²) in [5, 5.41) is 5.12. The minimum absolute atomic E-state index is 0.0712. The van der Waals surface area contributed by atoms with Crippen LogP contribution >= 0.6 is 0 Å². The van der Waals surface area contributed by atoms with E-state index in [1.54, 1.807) is 4.90 Å². The van der Waals surface area contributed by atoms with Crippen molar-refractivity contribution in [3.8, 4) is 11.4 Å². The third kappa shape index (κ3) is 4.68. The molecule has 1 fully saturated rings. The number of pyridine rings is 1. The highest BCUT2D eigenvalue weighted by atomic mass is 19.4. The third-order valence-corrected chi connectivity index (χ3v) is 5.58. The van der Waals surface area contributed by atoms with Gasteiger partial charge in [-0.05, 0) is 19.1 Å². The van der Waals surface area contributed by atoms with Gasteiger partial charge in [-0.25, -0.2) is 28.5 Å². The Kier molecular flexibility index (Phi) is 6.02. The van der Waals surface area contributed by atoms with Crippen molar-refractivity contribution < 1.29 is 40.3 Å². The maximum Gasteiger partial charge on any atom is 0.416 e. The summed E-state index contributed by atoms with van der Waals surface area (Å²) in [5.74, 6) is -10.3. The molecule has 2 aromatic heterocycles. The topological polar surface area (TPSA) is 92.3 Å². The number of carbonyl (C=O) groups is 1. The summed E-state index contributed by atoms with van der Waals surface area (Å²) in [6.45, 7) is 2.81. The molecule has 0 aromatic carbocycles. The predicted octanol–water partition coefficient (Wildman–Crippen LogP) is 4.25. The number of fused-ring (bicyclic) bond motifs is 1. The fraction of sp³-hybridized carbons (Fsp3) is 0.500. The first kappa shape index (κ1) is 24.9. The highest BCUT2D eigenvalue weighted by Crippen LogP contribution is 2.50. The second kappa shape index (κ2) is 8.46. The Balaban J connectivity index is 1.92. The van der Waals surface area contributed by atoms with Crippen LogP contribution in [0.2, 0.25) is 0 Å². The number of rotatable bonds is 4. The van der Waals surface area contributed by atoms with E-state index < -0.39 is 58.6 Å². The van der Waals surface area contributed by atoms with E-state index in [0.29, 0.717) is 25.7 Å².